The van der Waals surface area contributed by atoms with Crippen molar-refractivity contribution < 1.29 is 101 Å². The van der Waals surface area contributed by atoms with Crippen LogP contribution in [0.25, 0.3) is 0 Å². The van der Waals surface area contributed by atoms with Gasteiger partial charge in [0.1, 0.15) is 35.0 Å². The van der Waals surface area contributed by atoms with Crippen molar-refractivity contribution in [2.24, 2.45) is 17.2 Å². The van der Waals surface area contributed by atoms with E-state index in [0.29, 0.717) is 19.4 Å². The number of unbranched alkanes of at least 4 members (excludes halogenated alkanes) is 1. The van der Waals surface area contributed by atoms with Gasteiger partial charge in [0.05, 0.1) is 48.1 Å². The number of Topliss-reactive ketones (excluding diaryl/α,β-unsaturated/α-hetero) is 1. The number of nitrogens with two attached hydrogens (primary N) is 3. The molecule has 8 unspecified atom stereocenters. The number of nitrogens with one attached hydrogen (secondary N) is 2. The number of phenolic OH excluding ortho intramolecular Hbond substituents is 2. The largest absolute Gasteiger partial charge is 1.00 e. The monoisotopic (exact) mass is 813 g/mol. The summed E-state index contributed by atoms with van der Waals surface area (Å²) in [6, 6.07) is 1.39. The van der Waals surface area contributed by atoms with Gasteiger partial charge in [-0.1, -0.05) is 12.1 Å². The van der Waals surface area contributed by atoms with Gasteiger partial charge in [-0.25, -0.2) is 0 Å². The molecule has 302 valence electrons. The molecule has 1 heterocycles. The SMILES string of the molecule is COc1cccc2c1C(=O)c1c(O)c3c(c(O)c1C2=O)CC(O)(C(C)=O)CC3OC1CC(NC(=O)C(CCCCN)NC(=O)C(N)CCN)C(O)C(C)O1.[Cl-].[Na+]. The number of halogens is 1. The maximum atomic E-state index is 13.9. The summed E-state index contributed by atoms with van der Waals surface area (Å²) < 4.78 is 17.6. The molecule has 0 radical (unpaired) electrons. The van der Waals surface area contributed by atoms with Gasteiger partial charge in [-0.05, 0) is 58.7 Å². The molecule has 0 bridgehead atoms. The Morgan fingerprint density at radius 2 is 1.70 bits per heavy atom. The Balaban J connectivity index is 0.00000420. The van der Waals surface area contributed by atoms with Crippen LogP contribution in [0.5, 0.6) is 17.2 Å². The van der Waals surface area contributed by atoms with Crippen LogP contribution < -0.4 is 74.5 Å². The number of hydrogen-bond donors (Lipinski definition) is 9. The molecule has 2 aromatic rings. The minimum atomic E-state index is -2.13. The summed E-state index contributed by atoms with van der Waals surface area (Å²) in [7, 11) is 1.31. The van der Waals surface area contributed by atoms with Crippen molar-refractivity contribution in [3.63, 3.8) is 0 Å². The zero-order chi connectivity index (χ0) is 39.6. The van der Waals surface area contributed by atoms with E-state index in [1.807, 2.05) is 0 Å². The third-order valence-electron chi connectivity index (χ3n) is 10.5. The van der Waals surface area contributed by atoms with Gasteiger partial charge in [-0.2, -0.15) is 0 Å². The normalized spacial score (nSPS) is 24.9. The molecule has 5 rings (SSSR count). The molecule has 2 aromatic carbocycles. The summed E-state index contributed by atoms with van der Waals surface area (Å²) in [5.41, 5.74) is 13.5. The summed E-state index contributed by atoms with van der Waals surface area (Å²) in [5, 5.41) is 51.4. The quantitative estimate of drug-likeness (QED) is 0.0416. The molecule has 19 heteroatoms. The smallest absolute Gasteiger partial charge is 1.00 e. The molecule has 3 aliphatic rings. The van der Waals surface area contributed by atoms with Gasteiger partial charge in [-0.15, -0.1) is 0 Å². The van der Waals surface area contributed by atoms with Crippen molar-refractivity contribution in [2.75, 3.05) is 20.2 Å². The second kappa shape index (κ2) is 19.5. The Morgan fingerprint density at radius 1 is 1.02 bits per heavy atom. The van der Waals surface area contributed by atoms with Crippen LogP contribution in [0.1, 0.15) is 101 Å². The molecular formula is C37H49ClN5NaO12. The average Bonchev–Trinajstić information content (AvgIpc) is 3.13. The van der Waals surface area contributed by atoms with Crippen LogP contribution >= 0.6 is 0 Å². The molecule has 56 heavy (non-hydrogen) atoms. The molecule has 8 atom stereocenters. The van der Waals surface area contributed by atoms with Gasteiger partial charge >= 0.3 is 29.6 Å². The van der Waals surface area contributed by atoms with Crippen LogP contribution in [-0.4, -0.2) is 112 Å². The Bertz CT molecular complexity index is 1830. The number of carbonyl (C=O) groups excluding carboxylic acids is 5. The maximum Gasteiger partial charge on any atom is 1.00 e. The summed E-state index contributed by atoms with van der Waals surface area (Å²) in [5.74, 6) is -4.78. The number of aliphatic hydroxyl groups excluding tert-OH is 1. The molecule has 2 amide bonds. The van der Waals surface area contributed by atoms with Crippen molar-refractivity contribution in [3.05, 3.63) is 51.6 Å². The van der Waals surface area contributed by atoms with Crippen LogP contribution in [0.15, 0.2) is 18.2 Å². The number of carbonyl (C=O) groups is 5. The van der Waals surface area contributed by atoms with Gasteiger partial charge < -0.3 is 74.9 Å². The summed E-state index contributed by atoms with van der Waals surface area (Å²) in [6.07, 6.45) is -4.47. The van der Waals surface area contributed by atoms with E-state index in [1.54, 1.807) is 0 Å². The zero-order valence-corrected chi connectivity index (χ0v) is 34.6. The first kappa shape index (κ1) is 47.2. The first-order valence-electron chi connectivity index (χ1n) is 17.9. The molecule has 12 N–H and O–H groups in total. The van der Waals surface area contributed by atoms with E-state index in [4.69, 9.17) is 31.4 Å². The third-order valence-corrected chi connectivity index (χ3v) is 10.5. The van der Waals surface area contributed by atoms with Crippen molar-refractivity contribution in [3.8, 4) is 17.2 Å². The predicted octanol–water partition coefficient (Wildman–Crippen LogP) is -6.52. The van der Waals surface area contributed by atoms with Crippen molar-refractivity contribution in [1.29, 1.82) is 0 Å². The molecule has 0 aromatic heterocycles. The fraction of sp³-hybridized carbons (Fsp3) is 0.541. The van der Waals surface area contributed by atoms with E-state index < -0.39 is 113 Å². The number of amides is 2. The van der Waals surface area contributed by atoms with Gasteiger partial charge in [0.15, 0.2) is 17.9 Å². The van der Waals surface area contributed by atoms with Crippen LogP contribution in [0.2, 0.25) is 0 Å². The molecule has 1 fully saturated rings. The van der Waals surface area contributed by atoms with E-state index in [0.717, 1.165) is 6.92 Å². The van der Waals surface area contributed by atoms with E-state index in [1.165, 1.54) is 32.2 Å². The number of rotatable bonds is 14. The summed E-state index contributed by atoms with van der Waals surface area (Å²) in [4.78, 5) is 66.8. The number of phenols is 2. The number of benzene rings is 2. The van der Waals surface area contributed by atoms with Gasteiger partial charge in [0.2, 0.25) is 17.6 Å². The molecule has 1 aliphatic heterocycles. The topological polar surface area (TPSA) is 296 Å². The molecule has 17 nitrogen and oxygen atoms in total. The minimum absolute atomic E-state index is 0. The van der Waals surface area contributed by atoms with Crippen LogP contribution in [-0.2, 0) is 30.3 Å². The van der Waals surface area contributed by atoms with Crippen LogP contribution in [0, 0.1) is 0 Å². The van der Waals surface area contributed by atoms with Crippen LogP contribution in [0.4, 0.5) is 0 Å². The molecule has 0 spiro atoms. The van der Waals surface area contributed by atoms with Gasteiger partial charge in [0.25, 0.3) is 0 Å². The Kier molecular flexibility index (Phi) is 16.4. The first-order chi connectivity index (χ1) is 25.6. The number of fused-ring (bicyclic) bond motifs is 3. The third kappa shape index (κ3) is 9.23. The number of hydrogen-bond acceptors (Lipinski definition) is 15. The summed E-state index contributed by atoms with van der Waals surface area (Å²) >= 11 is 0. The second-order valence-electron chi connectivity index (χ2n) is 14.1. The Labute approximate surface area is 352 Å². The van der Waals surface area contributed by atoms with Gasteiger partial charge in [0, 0.05) is 36.0 Å². The Morgan fingerprint density at radius 3 is 2.32 bits per heavy atom. The number of methoxy groups -OCH3 is 1. The van der Waals surface area contributed by atoms with E-state index in [2.05, 4.69) is 10.6 Å². The standard InChI is InChI=1S/C37H49N5O12.ClH.Na/c1-16-30(44)22(42-36(50)21(8-4-5-11-38)41-35(49)20(40)10-12-39)13-25(53-16)54-24-15-37(51,17(2)43)14-19-27(24)34(48)29-28(32(19)46)31(45)18-7-6-9-23(52-3)26(18)33(29)47;;/h6-7,9,16,20-22,24-25,30,44,46,48,51H,4-5,8,10-15,38-40H2,1-3H3,(H,41,49)(H,42,50);1H;/q;;+1/p-1. The minimum Gasteiger partial charge on any atom is -1.00 e. The molecular weight excluding hydrogens is 765 g/mol. The molecule has 1 saturated heterocycles. The molecule has 2 aliphatic carbocycles. The van der Waals surface area contributed by atoms with E-state index >= 15 is 0 Å². The molecule has 0 saturated carbocycles. The predicted molar refractivity (Wildman–Crippen MR) is 191 cm³/mol. The number of ketones is 3. The fourth-order valence-electron chi connectivity index (χ4n) is 7.40. The second-order valence-corrected chi connectivity index (χ2v) is 14.1. The number of ether oxygens (including phenoxy) is 3. The average molecular weight is 814 g/mol. The van der Waals surface area contributed by atoms with Crippen molar-refractivity contribution in [2.45, 2.75) is 107 Å². The maximum absolute atomic E-state index is 13.9. The van der Waals surface area contributed by atoms with E-state index in [9.17, 15) is 44.4 Å². The number of aromatic hydroxyl groups is 2. The fourth-order valence-corrected chi connectivity index (χ4v) is 7.40. The van der Waals surface area contributed by atoms with Crippen molar-refractivity contribution in [1.82, 2.24) is 10.6 Å². The van der Waals surface area contributed by atoms with E-state index in [-0.39, 0.29) is 95.8 Å². The van der Waals surface area contributed by atoms with Crippen molar-refractivity contribution >= 4 is 29.2 Å². The van der Waals surface area contributed by atoms with Gasteiger partial charge in [-0.3, -0.25) is 24.0 Å². The zero-order valence-electron chi connectivity index (χ0n) is 31.8. The summed E-state index contributed by atoms with van der Waals surface area (Å²) in [6.45, 7) is 3.20. The van der Waals surface area contributed by atoms with Crippen LogP contribution in [0.3, 0.4) is 0 Å². The number of aliphatic hydroxyl groups is 2. The first-order valence-corrected chi connectivity index (χ1v) is 17.9. The Hall–Kier alpha value is -3.20.